The molecule has 4 nitrogen and oxygen atoms in total. The summed E-state index contributed by atoms with van der Waals surface area (Å²) in [5.74, 6) is -0.489. The number of nitrogens with one attached hydrogen (secondary N) is 1. The Morgan fingerprint density at radius 3 is 2.64 bits per heavy atom. The molecule has 1 saturated heterocycles. The lowest BCUT2D eigenvalue weighted by Crippen LogP contribution is -2.34. The number of amides is 2. The third kappa shape index (κ3) is 3.85. The van der Waals surface area contributed by atoms with E-state index in [0.29, 0.717) is 11.6 Å². The minimum absolute atomic E-state index is 0.0487. The van der Waals surface area contributed by atoms with Crippen molar-refractivity contribution in [2.45, 2.75) is 26.3 Å². The lowest BCUT2D eigenvalue weighted by atomic mass is 10.1. The Morgan fingerprint density at radius 2 is 1.96 bits per heavy atom. The first kappa shape index (κ1) is 17.5. The smallest absolute Gasteiger partial charge is 0.227 e. The van der Waals surface area contributed by atoms with Crippen molar-refractivity contribution in [1.82, 2.24) is 5.32 Å². The van der Waals surface area contributed by atoms with Crippen molar-refractivity contribution in [3.63, 3.8) is 0 Å². The molecular weight excluding hydrogens is 336 g/mol. The van der Waals surface area contributed by atoms with E-state index in [1.54, 1.807) is 11.0 Å². The number of carbonyl (C=O) groups excluding carboxylic acids is 2. The molecule has 0 saturated carbocycles. The highest BCUT2D eigenvalue weighted by Crippen LogP contribution is 2.29. The third-order valence-electron chi connectivity index (χ3n) is 4.62. The summed E-state index contributed by atoms with van der Waals surface area (Å²) in [6.45, 7) is 4.24. The predicted octanol–water partition coefficient (Wildman–Crippen LogP) is 3.88. The number of nitrogens with zero attached hydrogens (tertiary/aromatic N) is 1. The van der Waals surface area contributed by atoms with Gasteiger partial charge in [0.15, 0.2) is 0 Å². The summed E-state index contributed by atoms with van der Waals surface area (Å²) < 4.78 is 0. The van der Waals surface area contributed by atoms with Crippen LogP contribution in [0.15, 0.2) is 48.5 Å². The minimum Gasteiger partial charge on any atom is -0.349 e. The molecular formula is C20H21ClN2O2. The van der Waals surface area contributed by atoms with Crippen molar-refractivity contribution >= 4 is 29.1 Å². The number of halogens is 1. The van der Waals surface area contributed by atoms with Crippen molar-refractivity contribution in [2.24, 2.45) is 5.92 Å². The van der Waals surface area contributed by atoms with Gasteiger partial charge in [0.05, 0.1) is 12.0 Å². The maximum atomic E-state index is 12.6. The second-order valence-electron chi connectivity index (χ2n) is 6.48. The number of carbonyl (C=O) groups is 2. The van der Waals surface area contributed by atoms with Crippen LogP contribution in [-0.4, -0.2) is 18.4 Å². The zero-order valence-corrected chi connectivity index (χ0v) is 15.1. The van der Waals surface area contributed by atoms with Gasteiger partial charge in [0.2, 0.25) is 11.8 Å². The van der Waals surface area contributed by atoms with E-state index in [0.717, 1.165) is 16.8 Å². The maximum Gasteiger partial charge on any atom is 0.227 e. The molecule has 0 bridgehead atoms. The molecule has 2 atom stereocenters. The lowest BCUT2D eigenvalue weighted by molar-refractivity contribution is -0.126. The highest BCUT2D eigenvalue weighted by Gasteiger charge is 2.35. The number of hydrogen-bond donors (Lipinski definition) is 1. The largest absolute Gasteiger partial charge is 0.349 e. The van der Waals surface area contributed by atoms with Crippen LogP contribution in [0, 0.1) is 12.8 Å². The average molecular weight is 357 g/mol. The first-order valence-electron chi connectivity index (χ1n) is 8.37. The van der Waals surface area contributed by atoms with Gasteiger partial charge in [-0.15, -0.1) is 0 Å². The van der Waals surface area contributed by atoms with Gasteiger partial charge in [-0.1, -0.05) is 48.0 Å². The van der Waals surface area contributed by atoms with Crippen LogP contribution in [0.5, 0.6) is 0 Å². The van der Waals surface area contributed by atoms with E-state index in [4.69, 9.17) is 11.6 Å². The highest BCUT2D eigenvalue weighted by molar-refractivity contribution is 6.31. The number of rotatable bonds is 4. The standard InChI is InChI=1S/C20H21ClN2O2/c1-13-8-9-17(11-18(13)21)23-12-16(10-19(23)24)20(25)22-14(2)15-6-4-3-5-7-15/h3-9,11,14,16H,10,12H2,1-2H3,(H,22,25)/t14-,16+/m0/s1. The Kier molecular flexibility index (Phi) is 5.09. The summed E-state index contributed by atoms with van der Waals surface area (Å²) in [5.41, 5.74) is 2.75. The molecule has 3 rings (SSSR count). The van der Waals surface area contributed by atoms with Gasteiger partial charge in [-0.05, 0) is 37.1 Å². The molecule has 130 valence electrons. The zero-order valence-electron chi connectivity index (χ0n) is 14.3. The first-order valence-corrected chi connectivity index (χ1v) is 8.75. The van der Waals surface area contributed by atoms with E-state index in [1.165, 1.54) is 0 Å². The molecule has 2 amide bonds. The monoisotopic (exact) mass is 356 g/mol. The Labute approximate surface area is 152 Å². The topological polar surface area (TPSA) is 49.4 Å². The van der Waals surface area contributed by atoms with Gasteiger partial charge >= 0.3 is 0 Å². The van der Waals surface area contributed by atoms with Crippen LogP contribution in [-0.2, 0) is 9.59 Å². The molecule has 1 N–H and O–H groups in total. The Morgan fingerprint density at radius 1 is 1.24 bits per heavy atom. The molecule has 0 aromatic heterocycles. The van der Waals surface area contributed by atoms with Crippen molar-refractivity contribution in [1.29, 1.82) is 0 Å². The summed E-state index contributed by atoms with van der Waals surface area (Å²) >= 11 is 6.16. The van der Waals surface area contributed by atoms with Gasteiger partial charge in [0, 0.05) is 23.7 Å². The zero-order chi connectivity index (χ0) is 18.0. The normalized spacial score (nSPS) is 18.3. The molecule has 5 heteroatoms. The SMILES string of the molecule is Cc1ccc(N2C[C@H](C(=O)N[C@@H](C)c3ccccc3)CC2=O)cc1Cl. The number of anilines is 1. The molecule has 1 fully saturated rings. The van der Waals surface area contributed by atoms with Crippen LogP contribution in [0.1, 0.15) is 30.5 Å². The quantitative estimate of drug-likeness (QED) is 0.903. The van der Waals surface area contributed by atoms with Gasteiger partial charge in [0.25, 0.3) is 0 Å². The van der Waals surface area contributed by atoms with Crippen molar-refractivity contribution in [3.8, 4) is 0 Å². The van der Waals surface area contributed by atoms with Crippen LogP contribution < -0.4 is 10.2 Å². The van der Waals surface area contributed by atoms with Crippen LogP contribution >= 0.6 is 11.6 Å². The van der Waals surface area contributed by atoms with Crippen LogP contribution in [0.2, 0.25) is 5.02 Å². The highest BCUT2D eigenvalue weighted by atomic mass is 35.5. The maximum absolute atomic E-state index is 12.6. The Balaban J connectivity index is 1.67. The molecule has 0 radical (unpaired) electrons. The summed E-state index contributed by atoms with van der Waals surface area (Å²) in [5, 5.41) is 3.63. The second-order valence-corrected chi connectivity index (χ2v) is 6.89. The fourth-order valence-electron chi connectivity index (χ4n) is 3.04. The van der Waals surface area contributed by atoms with E-state index in [1.807, 2.05) is 56.3 Å². The number of benzene rings is 2. The van der Waals surface area contributed by atoms with Gasteiger partial charge in [-0.2, -0.15) is 0 Å². The second kappa shape index (κ2) is 7.28. The number of aryl methyl sites for hydroxylation is 1. The molecule has 25 heavy (non-hydrogen) atoms. The van der Waals surface area contributed by atoms with Gasteiger partial charge in [-0.25, -0.2) is 0 Å². The summed E-state index contributed by atoms with van der Waals surface area (Å²) in [6.07, 6.45) is 0.221. The van der Waals surface area contributed by atoms with E-state index in [-0.39, 0.29) is 30.2 Å². The fraction of sp³-hybridized carbons (Fsp3) is 0.300. The molecule has 0 unspecified atom stereocenters. The predicted molar refractivity (Wildman–Crippen MR) is 99.6 cm³/mol. The summed E-state index contributed by atoms with van der Waals surface area (Å²) in [4.78, 5) is 26.5. The molecule has 2 aromatic rings. The molecule has 1 aliphatic rings. The summed E-state index contributed by atoms with van der Waals surface area (Å²) in [6, 6.07) is 15.2. The van der Waals surface area contributed by atoms with Crippen LogP contribution in [0.4, 0.5) is 5.69 Å². The summed E-state index contributed by atoms with van der Waals surface area (Å²) in [7, 11) is 0. The third-order valence-corrected chi connectivity index (χ3v) is 5.03. The first-order chi connectivity index (χ1) is 12.0. The van der Waals surface area contributed by atoms with E-state index in [2.05, 4.69) is 5.32 Å². The molecule has 0 spiro atoms. The molecule has 2 aromatic carbocycles. The Bertz CT molecular complexity index is 792. The van der Waals surface area contributed by atoms with E-state index >= 15 is 0 Å². The van der Waals surface area contributed by atoms with E-state index in [9.17, 15) is 9.59 Å². The van der Waals surface area contributed by atoms with Gasteiger partial charge < -0.3 is 10.2 Å². The lowest BCUT2D eigenvalue weighted by Gasteiger charge is -2.19. The van der Waals surface area contributed by atoms with Crippen molar-refractivity contribution < 1.29 is 9.59 Å². The Hall–Kier alpha value is -2.33. The van der Waals surface area contributed by atoms with Crippen molar-refractivity contribution in [2.75, 3.05) is 11.4 Å². The van der Waals surface area contributed by atoms with Gasteiger partial charge in [-0.3, -0.25) is 9.59 Å². The average Bonchev–Trinajstić information content (AvgIpc) is 3.00. The van der Waals surface area contributed by atoms with Crippen LogP contribution in [0.25, 0.3) is 0 Å². The fourth-order valence-corrected chi connectivity index (χ4v) is 3.21. The van der Waals surface area contributed by atoms with Gasteiger partial charge in [0.1, 0.15) is 0 Å². The van der Waals surface area contributed by atoms with Crippen molar-refractivity contribution in [3.05, 3.63) is 64.7 Å². The molecule has 1 aliphatic heterocycles. The molecule has 1 heterocycles. The van der Waals surface area contributed by atoms with Crippen LogP contribution in [0.3, 0.4) is 0 Å². The number of hydrogen-bond acceptors (Lipinski definition) is 2. The molecule has 0 aliphatic carbocycles. The minimum atomic E-state index is -0.348. The van der Waals surface area contributed by atoms with E-state index < -0.39 is 0 Å².